The van der Waals surface area contributed by atoms with Crippen molar-refractivity contribution in [2.75, 3.05) is 11.1 Å². The topological polar surface area (TPSA) is 77.2 Å². The Morgan fingerprint density at radius 1 is 1.14 bits per heavy atom. The average molecular weight is 418 g/mol. The Balaban J connectivity index is 1.51. The summed E-state index contributed by atoms with van der Waals surface area (Å²) in [6, 6.07) is 11.3. The summed E-state index contributed by atoms with van der Waals surface area (Å²) in [7, 11) is 0. The Labute approximate surface area is 172 Å². The minimum atomic E-state index is -0.165. The van der Waals surface area contributed by atoms with E-state index in [0.717, 1.165) is 28.1 Å². The number of hydrogen-bond acceptors (Lipinski definition) is 6. The lowest BCUT2D eigenvalue weighted by Crippen LogP contribution is -2.14. The van der Waals surface area contributed by atoms with Crippen LogP contribution in [-0.2, 0) is 11.4 Å². The summed E-state index contributed by atoms with van der Waals surface area (Å²) < 4.78 is 11.3. The molecular formula is C20H20ClN3O3S. The molecule has 146 valence electrons. The van der Waals surface area contributed by atoms with Crippen LogP contribution in [0.1, 0.15) is 22.6 Å². The number of benzene rings is 2. The molecule has 0 saturated carbocycles. The molecule has 0 saturated heterocycles. The first-order valence-electron chi connectivity index (χ1n) is 8.62. The lowest BCUT2D eigenvalue weighted by molar-refractivity contribution is -0.113. The van der Waals surface area contributed by atoms with Crippen LogP contribution in [0.2, 0.25) is 5.02 Å². The molecule has 0 aliphatic heterocycles. The number of nitrogens with zero attached hydrogens (tertiary/aromatic N) is 2. The third kappa shape index (κ3) is 5.27. The molecule has 0 radical (unpaired) electrons. The highest BCUT2D eigenvalue weighted by Crippen LogP contribution is 2.24. The van der Waals surface area contributed by atoms with Gasteiger partial charge in [0.25, 0.3) is 11.1 Å². The molecule has 0 fully saturated rings. The molecule has 0 spiro atoms. The van der Waals surface area contributed by atoms with Gasteiger partial charge in [0.05, 0.1) is 5.75 Å². The molecule has 0 aliphatic rings. The Kier molecular flexibility index (Phi) is 6.59. The van der Waals surface area contributed by atoms with Crippen molar-refractivity contribution in [2.24, 2.45) is 0 Å². The predicted octanol–water partition coefficient (Wildman–Crippen LogP) is 4.96. The maximum absolute atomic E-state index is 12.1. The Hall–Kier alpha value is -2.51. The van der Waals surface area contributed by atoms with Gasteiger partial charge in [0, 0.05) is 10.7 Å². The lowest BCUT2D eigenvalue weighted by atomic mass is 10.1. The van der Waals surface area contributed by atoms with E-state index in [0.29, 0.717) is 16.1 Å². The summed E-state index contributed by atoms with van der Waals surface area (Å²) in [6.45, 7) is 6.03. The van der Waals surface area contributed by atoms with Gasteiger partial charge in [-0.3, -0.25) is 4.79 Å². The molecule has 1 aromatic heterocycles. The van der Waals surface area contributed by atoms with Gasteiger partial charge in [-0.05, 0) is 55.7 Å². The molecule has 3 rings (SSSR count). The highest BCUT2D eigenvalue weighted by atomic mass is 35.5. The second kappa shape index (κ2) is 9.12. The number of aryl methyl sites for hydroxylation is 3. The molecule has 0 atom stereocenters. The van der Waals surface area contributed by atoms with Crippen LogP contribution in [0.15, 0.2) is 46.0 Å². The van der Waals surface area contributed by atoms with Crippen LogP contribution in [-0.4, -0.2) is 21.9 Å². The minimum Gasteiger partial charge on any atom is -0.483 e. The predicted molar refractivity (Wildman–Crippen MR) is 110 cm³/mol. The van der Waals surface area contributed by atoms with E-state index in [2.05, 4.69) is 15.5 Å². The fourth-order valence-corrected chi connectivity index (χ4v) is 3.40. The number of carbonyl (C=O) groups excluding carboxylic acids is 1. The number of amides is 1. The summed E-state index contributed by atoms with van der Waals surface area (Å²) in [5.41, 5.74) is 3.71. The van der Waals surface area contributed by atoms with Crippen molar-refractivity contribution < 1.29 is 13.9 Å². The molecule has 3 aromatic rings. The fourth-order valence-electron chi connectivity index (χ4n) is 2.60. The summed E-state index contributed by atoms with van der Waals surface area (Å²) in [5.74, 6) is 1.16. The number of anilines is 1. The quantitative estimate of drug-likeness (QED) is 0.547. The van der Waals surface area contributed by atoms with E-state index < -0.39 is 0 Å². The monoisotopic (exact) mass is 417 g/mol. The third-order valence-electron chi connectivity index (χ3n) is 3.99. The van der Waals surface area contributed by atoms with Gasteiger partial charge in [0.1, 0.15) is 5.75 Å². The lowest BCUT2D eigenvalue weighted by Gasteiger charge is -2.09. The Morgan fingerprint density at radius 2 is 1.89 bits per heavy atom. The van der Waals surface area contributed by atoms with Crippen molar-refractivity contribution in [1.29, 1.82) is 0 Å². The number of thioether (sulfide) groups is 1. The first-order chi connectivity index (χ1) is 13.4. The summed E-state index contributed by atoms with van der Waals surface area (Å²) in [4.78, 5) is 12.1. The number of carbonyl (C=O) groups is 1. The van der Waals surface area contributed by atoms with E-state index in [4.69, 9.17) is 20.8 Å². The van der Waals surface area contributed by atoms with E-state index in [9.17, 15) is 4.79 Å². The van der Waals surface area contributed by atoms with Gasteiger partial charge >= 0.3 is 0 Å². The fraction of sp³-hybridized carbons (Fsp3) is 0.250. The molecule has 6 nitrogen and oxygen atoms in total. The first-order valence-corrected chi connectivity index (χ1v) is 9.99. The van der Waals surface area contributed by atoms with Gasteiger partial charge < -0.3 is 14.5 Å². The number of nitrogens with one attached hydrogen (secondary N) is 1. The number of rotatable bonds is 7. The van der Waals surface area contributed by atoms with Gasteiger partial charge in [0.2, 0.25) is 5.91 Å². The van der Waals surface area contributed by atoms with Crippen LogP contribution in [0.5, 0.6) is 5.75 Å². The maximum atomic E-state index is 12.1. The largest absolute Gasteiger partial charge is 0.483 e. The van der Waals surface area contributed by atoms with Crippen molar-refractivity contribution in [2.45, 2.75) is 32.6 Å². The van der Waals surface area contributed by atoms with Crippen LogP contribution >= 0.6 is 23.4 Å². The van der Waals surface area contributed by atoms with Crippen molar-refractivity contribution in [3.05, 3.63) is 64.0 Å². The van der Waals surface area contributed by atoms with Crippen molar-refractivity contribution in [3.63, 3.8) is 0 Å². The molecular weight excluding hydrogens is 398 g/mol. The SMILES string of the molecule is Cc1cc(Cl)ccc1NC(=O)CSc1nnc(COc2c(C)cccc2C)o1. The van der Waals surface area contributed by atoms with Crippen molar-refractivity contribution >= 4 is 35.0 Å². The third-order valence-corrected chi connectivity index (χ3v) is 5.04. The highest BCUT2D eigenvalue weighted by Gasteiger charge is 2.12. The number of ether oxygens (including phenoxy) is 1. The average Bonchev–Trinajstić information content (AvgIpc) is 3.10. The number of para-hydroxylation sites is 1. The van der Waals surface area contributed by atoms with E-state index in [-0.39, 0.29) is 18.3 Å². The molecule has 0 aliphatic carbocycles. The number of hydrogen-bond donors (Lipinski definition) is 1. The second-order valence-corrected chi connectivity index (χ2v) is 7.63. The molecule has 0 unspecified atom stereocenters. The molecule has 1 N–H and O–H groups in total. The van der Waals surface area contributed by atoms with Gasteiger partial charge in [0.15, 0.2) is 6.61 Å². The van der Waals surface area contributed by atoms with Crippen molar-refractivity contribution in [1.82, 2.24) is 10.2 Å². The maximum Gasteiger partial charge on any atom is 0.277 e. The normalized spacial score (nSPS) is 10.7. The molecule has 28 heavy (non-hydrogen) atoms. The standard InChI is InChI=1S/C20H20ClN3O3S/c1-12-5-4-6-13(2)19(12)26-10-18-23-24-20(27-18)28-11-17(25)22-16-8-7-15(21)9-14(16)3/h4-9H,10-11H2,1-3H3,(H,22,25). The summed E-state index contributed by atoms with van der Waals surface area (Å²) in [5, 5.41) is 11.7. The van der Waals surface area contributed by atoms with Crippen LogP contribution < -0.4 is 10.1 Å². The van der Waals surface area contributed by atoms with E-state index in [1.54, 1.807) is 18.2 Å². The first kappa shape index (κ1) is 20.2. The van der Waals surface area contributed by atoms with E-state index in [1.165, 1.54) is 11.8 Å². The zero-order valence-corrected chi connectivity index (χ0v) is 17.4. The zero-order valence-electron chi connectivity index (χ0n) is 15.8. The van der Waals surface area contributed by atoms with Crippen LogP contribution in [0, 0.1) is 20.8 Å². The zero-order chi connectivity index (χ0) is 20.1. The number of aromatic nitrogens is 2. The number of halogens is 1. The van der Waals surface area contributed by atoms with Gasteiger partial charge in [-0.25, -0.2) is 0 Å². The Morgan fingerprint density at radius 3 is 2.61 bits per heavy atom. The molecule has 1 heterocycles. The Bertz CT molecular complexity index is 970. The second-order valence-electron chi connectivity index (χ2n) is 6.27. The van der Waals surface area contributed by atoms with Gasteiger partial charge in [-0.1, -0.05) is 41.6 Å². The molecule has 8 heteroatoms. The molecule has 1 amide bonds. The summed E-state index contributed by atoms with van der Waals surface area (Å²) in [6.07, 6.45) is 0. The highest BCUT2D eigenvalue weighted by molar-refractivity contribution is 7.99. The summed E-state index contributed by atoms with van der Waals surface area (Å²) >= 11 is 7.10. The smallest absolute Gasteiger partial charge is 0.277 e. The van der Waals surface area contributed by atoms with Crippen molar-refractivity contribution in [3.8, 4) is 5.75 Å². The van der Waals surface area contributed by atoms with Crippen LogP contribution in [0.4, 0.5) is 5.69 Å². The molecule has 2 aromatic carbocycles. The van der Waals surface area contributed by atoms with Crippen LogP contribution in [0.3, 0.4) is 0 Å². The minimum absolute atomic E-state index is 0.154. The van der Waals surface area contributed by atoms with E-state index in [1.807, 2.05) is 39.0 Å². The van der Waals surface area contributed by atoms with Crippen LogP contribution in [0.25, 0.3) is 0 Å². The van der Waals surface area contributed by atoms with Gasteiger partial charge in [-0.2, -0.15) is 0 Å². The van der Waals surface area contributed by atoms with Gasteiger partial charge in [-0.15, -0.1) is 10.2 Å². The molecule has 0 bridgehead atoms. The van der Waals surface area contributed by atoms with E-state index >= 15 is 0 Å².